The molecule has 1 aromatic rings. The smallest absolute Gasteiger partial charge is 0.414 e. The molecule has 0 aliphatic carbocycles. The maximum atomic E-state index is 11.8. The Hall–Kier alpha value is -2.03. The molecule has 0 fully saturated rings. The fourth-order valence-corrected chi connectivity index (χ4v) is 2.12. The van der Waals surface area contributed by atoms with E-state index in [-0.39, 0.29) is 12.1 Å². The van der Waals surface area contributed by atoms with E-state index >= 15 is 0 Å². The lowest BCUT2D eigenvalue weighted by atomic mass is 10.0. The van der Waals surface area contributed by atoms with Gasteiger partial charge in [-0.1, -0.05) is 36.9 Å². The van der Waals surface area contributed by atoms with Gasteiger partial charge in [0.15, 0.2) is 0 Å². The number of rotatable bonds is 1. The van der Waals surface area contributed by atoms with E-state index in [1.165, 1.54) is 7.11 Å². The number of fused-ring (bicyclic) bond motifs is 1. The summed E-state index contributed by atoms with van der Waals surface area (Å²) in [5, 5.41) is 0. The number of ether oxygens (including phenoxy) is 1. The molecule has 17 heavy (non-hydrogen) atoms. The van der Waals surface area contributed by atoms with E-state index in [2.05, 4.69) is 6.58 Å². The van der Waals surface area contributed by atoms with E-state index in [0.717, 1.165) is 16.8 Å². The maximum absolute atomic E-state index is 11.8. The Kier molecular flexibility index (Phi) is 3.00. The molecule has 3 heteroatoms. The van der Waals surface area contributed by atoms with Crippen molar-refractivity contribution in [3.63, 3.8) is 0 Å². The zero-order valence-electron chi connectivity index (χ0n) is 10.0. The summed E-state index contributed by atoms with van der Waals surface area (Å²) < 4.78 is 4.83. The van der Waals surface area contributed by atoms with Gasteiger partial charge in [0.25, 0.3) is 0 Å². The van der Waals surface area contributed by atoms with Gasteiger partial charge in [0.2, 0.25) is 0 Å². The predicted octanol–water partition coefficient (Wildman–Crippen LogP) is 3.23. The fourth-order valence-electron chi connectivity index (χ4n) is 2.12. The molecule has 0 radical (unpaired) electrons. The first-order chi connectivity index (χ1) is 8.20. The van der Waals surface area contributed by atoms with Gasteiger partial charge in [0.05, 0.1) is 18.8 Å². The van der Waals surface area contributed by atoms with Gasteiger partial charge in [0.1, 0.15) is 0 Å². The number of methoxy groups -OCH3 is 1. The Balaban J connectivity index is 2.53. The predicted molar refractivity (Wildman–Crippen MR) is 69.0 cm³/mol. The van der Waals surface area contributed by atoms with Crippen molar-refractivity contribution in [2.24, 2.45) is 0 Å². The van der Waals surface area contributed by atoms with Gasteiger partial charge in [-0.2, -0.15) is 0 Å². The number of allylic oxidation sites excluding steroid dienone is 1. The number of benzene rings is 1. The summed E-state index contributed by atoms with van der Waals surface area (Å²) in [7, 11) is 1.39. The molecule has 3 nitrogen and oxygen atoms in total. The first kappa shape index (κ1) is 11.5. The van der Waals surface area contributed by atoms with Crippen LogP contribution >= 0.6 is 0 Å². The van der Waals surface area contributed by atoms with Crippen molar-refractivity contribution in [3.05, 3.63) is 48.6 Å². The highest BCUT2D eigenvalue weighted by atomic mass is 16.5. The van der Waals surface area contributed by atoms with Crippen molar-refractivity contribution in [2.75, 3.05) is 12.0 Å². The minimum atomic E-state index is -0.362. The molecule has 1 atom stereocenters. The molecule has 1 amide bonds. The van der Waals surface area contributed by atoms with Crippen molar-refractivity contribution >= 4 is 17.4 Å². The van der Waals surface area contributed by atoms with Gasteiger partial charge in [-0.15, -0.1) is 0 Å². The lowest BCUT2D eigenvalue weighted by molar-refractivity contribution is 0.178. The number of hydrogen-bond acceptors (Lipinski definition) is 2. The number of carbonyl (C=O) groups is 1. The van der Waals surface area contributed by atoms with E-state index in [9.17, 15) is 4.79 Å². The molecule has 0 N–H and O–H groups in total. The Morgan fingerprint density at radius 2 is 2.18 bits per heavy atom. The normalized spacial score (nSPS) is 18.6. The van der Waals surface area contributed by atoms with Crippen molar-refractivity contribution in [2.45, 2.75) is 13.0 Å². The molecule has 0 saturated carbocycles. The monoisotopic (exact) mass is 229 g/mol. The fraction of sp³-hybridized carbons (Fsp3) is 0.214. The second kappa shape index (κ2) is 4.45. The molecule has 0 aromatic heterocycles. The van der Waals surface area contributed by atoms with E-state index in [4.69, 9.17) is 4.74 Å². The topological polar surface area (TPSA) is 29.5 Å². The van der Waals surface area contributed by atoms with Gasteiger partial charge < -0.3 is 4.74 Å². The van der Waals surface area contributed by atoms with Gasteiger partial charge in [-0.05, 0) is 18.6 Å². The minimum Gasteiger partial charge on any atom is -0.452 e. The van der Waals surface area contributed by atoms with E-state index in [0.29, 0.717) is 0 Å². The SMILES string of the molecule is C=C1c2ccccc2N(C(=O)OC)C1/C=C/C. The van der Waals surface area contributed by atoms with Crippen LogP contribution in [-0.2, 0) is 4.74 Å². The molecule has 1 aliphatic rings. The molecule has 1 aliphatic heterocycles. The van der Waals surface area contributed by atoms with Crippen molar-refractivity contribution in [3.8, 4) is 0 Å². The highest BCUT2D eigenvalue weighted by Crippen LogP contribution is 2.40. The van der Waals surface area contributed by atoms with Crippen LogP contribution in [0.4, 0.5) is 10.5 Å². The molecule has 0 saturated heterocycles. The second-order valence-electron chi connectivity index (χ2n) is 3.85. The van der Waals surface area contributed by atoms with Crippen molar-refractivity contribution < 1.29 is 9.53 Å². The lowest BCUT2D eigenvalue weighted by Gasteiger charge is -2.21. The van der Waals surface area contributed by atoms with E-state index in [1.54, 1.807) is 4.90 Å². The Bertz CT molecular complexity index is 491. The van der Waals surface area contributed by atoms with E-state index < -0.39 is 0 Å². The summed E-state index contributed by atoms with van der Waals surface area (Å²) in [6.45, 7) is 5.98. The van der Waals surface area contributed by atoms with Crippen LogP contribution in [0.3, 0.4) is 0 Å². The zero-order valence-corrected chi connectivity index (χ0v) is 10.0. The van der Waals surface area contributed by atoms with Crippen LogP contribution in [0.25, 0.3) is 5.57 Å². The largest absolute Gasteiger partial charge is 0.452 e. The van der Waals surface area contributed by atoms with Gasteiger partial charge >= 0.3 is 6.09 Å². The Morgan fingerprint density at radius 1 is 1.47 bits per heavy atom. The summed E-state index contributed by atoms with van der Waals surface area (Å²) in [4.78, 5) is 13.5. The Labute approximate surface area is 101 Å². The quantitative estimate of drug-likeness (QED) is 0.692. The van der Waals surface area contributed by atoms with Crippen LogP contribution < -0.4 is 4.90 Å². The molecule has 1 heterocycles. The lowest BCUT2D eigenvalue weighted by Crippen LogP contribution is -2.35. The molecule has 0 spiro atoms. The summed E-state index contributed by atoms with van der Waals surface area (Å²) in [6, 6.07) is 7.57. The first-order valence-electron chi connectivity index (χ1n) is 5.49. The standard InChI is InChI=1S/C14H15NO2/c1-4-7-12-10(2)11-8-5-6-9-13(11)15(12)14(16)17-3/h4-9,12H,2H2,1,3H3/b7-4+. The van der Waals surface area contributed by atoms with Gasteiger partial charge in [-0.3, -0.25) is 4.90 Å². The van der Waals surface area contributed by atoms with Crippen LogP contribution in [0, 0.1) is 0 Å². The zero-order chi connectivity index (χ0) is 12.4. The maximum Gasteiger partial charge on any atom is 0.414 e. The average molecular weight is 229 g/mol. The highest BCUT2D eigenvalue weighted by molar-refractivity contribution is 6.02. The second-order valence-corrected chi connectivity index (χ2v) is 3.85. The van der Waals surface area contributed by atoms with Crippen molar-refractivity contribution in [1.82, 2.24) is 0 Å². The molecule has 1 aromatic carbocycles. The summed E-state index contributed by atoms with van der Waals surface area (Å²) in [6.07, 6.45) is 3.50. The number of carbonyl (C=O) groups excluding carboxylic acids is 1. The summed E-state index contributed by atoms with van der Waals surface area (Å²) >= 11 is 0. The van der Waals surface area contributed by atoms with Crippen LogP contribution in [0.15, 0.2) is 43.0 Å². The van der Waals surface area contributed by atoms with Crippen LogP contribution in [0.1, 0.15) is 12.5 Å². The van der Waals surface area contributed by atoms with E-state index in [1.807, 2.05) is 43.3 Å². The minimum absolute atomic E-state index is 0.148. The number of anilines is 1. The molecule has 2 rings (SSSR count). The molecule has 0 bridgehead atoms. The molecular formula is C14H15NO2. The number of hydrogen-bond donors (Lipinski definition) is 0. The van der Waals surface area contributed by atoms with Crippen LogP contribution in [-0.4, -0.2) is 19.2 Å². The molecule has 1 unspecified atom stereocenters. The average Bonchev–Trinajstić information content (AvgIpc) is 2.63. The number of nitrogens with zero attached hydrogens (tertiary/aromatic N) is 1. The van der Waals surface area contributed by atoms with Gasteiger partial charge in [0, 0.05) is 5.56 Å². The third kappa shape index (κ3) is 1.73. The van der Waals surface area contributed by atoms with Gasteiger partial charge in [-0.25, -0.2) is 4.79 Å². The summed E-state index contributed by atoms with van der Waals surface area (Å²) in [5.74, 6) is 0. The van der Waals surface area contributed by atoms with Crippen LogP contribution in [0.2, 0.25) is 0 Å². The number of amides is 1. The highest BCUT2D eigenvalue weighted by Gasteiger charge is 2.35. The molecule has 88 valence electrons. The Morgan fingerprint density at radius 3 is 2.82 bits per heavy atom. The number of para-hydroxylation sites is 1. The first-order valence-corrected chi connectivity index (χ1v) is 5.49. The third-order valence-electron chi connectivity index (χ3n) is 2.89. The summed E-state index contributed by atoms with van der Waals surface area (Å²) in [5.41, 5.74) is 2.78. The molecular weight excluding hydrogens is 214 g/mol. The van der Waals surface area contributed by atoms with Crippen molar-refractivity contribution in [1.29, 1.82) is 0 Å². The van der Waals surface area contributed by atoms with Crippen LogP contribution in [0.5, 0.6) is 0 Å². The third-order valence-corrected chi connectivity index (χ3v) is 2.89.